The molecule has 1 aliphatic rings. The van der Waals surface area contributed by atoms with E-state index in [1.54, 1.807) is 6.20 Å². The van der Waals surface area contributed by atoms with Crippen molar-refractivity contribution in [3.8, 4) is 0 Å². The summed E-state index contributed by atoms with van der Waals surface area (Å²) in [6.45, 7) is 6.34. The van der Waals surface area contributed by atoms with Gasteiger partial charge < -0.3 is 11.1 Å². The molecule has 2 rings (SSSR count). The predicted molar refractivity (Wildman–Crippen MR) is 70.2 cm³/mol. The first kappa shape index (κ1) is 13.1. The molecule has 3 N–H and O–H groups in total. The van der Waals surface area contributed by atoms with E-state index in [1.165, 1.54) is 6.42 Å². The van der Waals surface area contributed by atoms with E-state index in [-0.39, 0.29) is 5.91 Å². The third kappa shape index (κ3) is 2.90. The van der Waals surface area contributed by atoms with Crippen LogP contribution in [0.25, 0.3) is 0 Å². The maximum atomic E-state index is 12.0. The smallest absolute Gasteiger partial charge is 0.254 e. The molecule has 0 bridgehead atoms. The normalized spacial score (nSPS) is 21.9. The van der Waals surface area contributed by atoms with Gasteiger partial charge in [0.15, 0.2) is 0 Å². The molecule has 0 aliphatic heterocycles. The molecule has 2 unspecified atom stereocenters. The zero-order chi connectivity index (χ0) is 13.1. The van der Waals surface area contributed by atoms with Gasteiger partial charge in [-0.15, -0.1) is 0 Å². The van der Waals surface area contributed by atoms with Crippen LogP contribution in [0, 0.1) is 18.8 Å². The van der Waals surface area contributed by atoms with E-state index in [9.17, 15) is 4.79 Å². The van der Waals surface area contributed by atoms with Gasteiger partial charge in [0, 0.05) is 18.8 Å². The molecule has 5 heteroatoms. The summed E-state index contributed by atoms with van der Waals surface area (Å²) in [6.07, 6.45) is 3.76. The third-order valence-electron chi connectivity index (χ3n) is 3.72. The number of carbonyl (C=O) groups is 1. The summed E-state index contributed by atoms with van der Waals surface area (Å²) in [5.41, 5.74) is 7.08. The van der Waals surface area contributed by atoms with E-state index < -0.39 is 0 Å². The van der Waals surface area contributed by atoms with Crippen LogP contribution in [0.15, 0.2) is 6.20 Å². The summed E-state index contributed by atoms with van der Waals surface area (Å²) >= 11 is 0. The number of aryl methyl sites for hydroxylation is 1. The van der Waals surface area contributed by atoms with Crippen LogP contribution in [0.5, 0.6) is 0 Å². The highest BCUT2D eigenvalue weighted by atomic mass is 16.1. The van der Waals surface area contributed by atoms with E-state index in [0.717, 1.165) is 31.1 Å². The number of carbonyl (C=O) groups excluding carboxylic acids is 1. The molecule has 1 heterocycles. The Morgan fingerprint density at radius 2 is 2.39 bits per heavy atom. The van der Waals surface area contributed by atoms with Gasteiger partial charge in [-0.2, -0.15) is 5.10 Å². The van der Waals surface area contributed by atoms with Gasteiger partial charge in [0.2, 0.25) is 0 Å². The van der Waals surface area contributed by atoms with Crippen molar-refractivity contribution in [1.29, 1.82) is 0 Å². The molecule has 0 aromatic carbocycles. The summed E-state index contributed by atoms with van der Waals surface area (Å²) in [5, 5.41) is 7.22. The van der Waals surface area contributed by atoms with Gasteiger partial charge in [0.25, 0.3) is 5.91 Å². The van der Waals surface area contributed by atoms with Crippen molar-refractivity contribution in [2.24, 2.45) is 17.6 Å². The van der Waals surface area contributed by atoms with Crippen molar-refractivity contribution in [2.45, 2.75) is 33.2 Å². The largest absolute Gasteiger partial charge is 0.352 e. The summed E-state index contributed by atoms with van der Waals surface area (Å²) in [6, 6.07) is 0. The summed E-state index contributed by atoms with van der Waals surface area (Å²) in [5.74, 6) is 1.42. The number of aromatic nitrogens is 2. The van der Waals surface area contributed by atoms with Gasteiger partial charge in [-0.1, -0.05) is 6.92 Å². The highest BCUT2D eigenvalue weighted by Crippen LogP contribution is 2.36. The van der Waals surface area contributed by atoms with Crippen LogP contribution in [0.3, 0.4) is 0 Å². The maximum Gasteiger partial charge on any atom is 0.254 e. The number of hydrogen-bond acceptors (Lipinski definition) is 3. The molecule has 1 aromatic heterocycles. The van der Waals surface area contributed by atoms with E-state index in [2.05, 4.69) is 17.3 Å². The van der Waals surface area contributed by atoms with E-state index in [4.69, 9.17) is 5.73 Å². The second-order valence-electron chi connectivity index (χ2n) is 5.19. The molecule has 0 radical (unpaired) electrons. The standard InChI is InChI=1S/C13H22N4O/c1-9-6-11(9)7-15-13(18)12-8-16-17(10(12)2)5-3-4-14/h8-9,11H,3-7,14H2,1-2H3,(H,15,18). The van der Waals surface area contributed by atoms with Crippen LogP contribution in [0.4, 0.5) is 0 Å². The Kier molecular flexibility index (Phi) is 4.01. The number of nitrogens with one attached hydrogen (secondary N) is 1. The quantitative estimate of drug-likeness (QED) is 0.788. The summed E-state index contributed by atoms with van der Waals surface area (Å²) < 4.78 is 1.85. The van der Waals surface area contributed by atoms with Crippen LogP contribution in [-0.4, -0.2) is 28.8 Å². The van der Waals surface area contributed by atoms with Crippen LogP contribution in [0.2, 0.25) is 0 Å². The fraction of sp³-hybridized carbons (Fsp3) is 0.692. The summed E-state index contributed by atoms with van der Waals surface area (Å²) in [7, 11) is 0. The average Bonchev–Trinajstić information content (AvgIpc) is 2.93. The van der Waals surface area contributed by atoms with Gasteiger partial charge in [0.05, 0.1) is 11.8 Å². The van der Waals surface area contributed by atoms with Gasteiger partial charge in [0.1, 0.15) is 0 Å². The maximum absolute atomic E-state index is 12.0. The van der Waals surface area contributed by atoms with Gasteiger partial charge in [-0.3, -0.25) is 9.48 Å². The molecular weight excluding hydrogens is 228 g/mol. The number of amides is 1. The van der Waals surface area contributed by atoms with Crippen LogP contribution in [-0.2, 0) is 6.54 Å². The van der Waals surface area contributed by atoms with Gasteiger partial charge in [-0.25, -0.2) is 0 Å². The Morgan fingerprint density at radius 3 is 3.00 bits per heavy atom. The van der Waals surface area contributed by atoms with Crippen molar-refractivity contribution in [2.75, 3.05) is 13.1 Å². The second kappa shape index (κ2) is 5.52. The molecular formula is C13H22N4O. The lowest BCUT2D eigenvalue weighted by Gasteiger charge is -2.05. The minimum atomic E-state index is -0.00871. The molecule has 18 heavy (non-hydrogen) atoms. The zero-order valence-corrected chi connectivity index (χ0v) is 11.1. The Hall–Kier alpha value is -1.36. The first-order chi connectivity index (χ1) is 8.63. The molecule has 2 atom stereocenters. The number of nitrogens with two attached hydrogens (primary N) is 1. The zero-order valence-electron chi connectivity index (χ0n) is 11.1. The topological polar surface area (TPSA) is 72.9 Å². The molecule has 100 valence electrons. The van der Waals surface area contributed by atoms with Crippen LogP contribution >= 0.6 is 0 Å². The van der Waals surface area contributed by atoms with E-state index >= 15 is 0 Å². The highest BCUT2D eigenvalue weighted by molar-refractivity contribution is 5.95. The first-order valence-corrected chi connectivity index (χ1v) is 6.64. The van der Waals surface area contributed by atoms with Crippen LogP contribution < -0.4 is 11.1 Å². The van der Waals surface area contributed by atoms with Crippen LogP contribution in [0.1, 0.15) is 35.8 Å². The molecule has 1 aromatic rings. The molecule has 1 saturated carbocycles. The van der Waals surface area contributed by atoms with Crippen molar-refractivity contribution in [3.05, 3.63) is 17.5 Å². The van der Waals surface area contributed by atoms with Gasteiger partial charge in [-0.05, 0) is 38.1 Å². The van der Waals surface area contributed by atoms with Crippen molar-refractivity contribution < 1.29 is 4.79 Å². The average molecular weight is 250 g/mol. The first-order valence-electron chi connectivity index (χ1n) is 6.64. The molecule has 5 nitrogen and oxygen atoms in total. The van der Waals surface area contributed by atoms with Gasteiger partial charge >= 0.3 is 0 Å². The van der Waals surface area contributed by atoms with Crippen molar-refractivity contribution in [3.63, 3.8) is 0 Å². The Balaban J connectivity index is 1.90. The number of rotatable bonds is 6. The van der Waals surface area contributed by atoms with E-state index in [1.807, 2.05) is 11.6 Å². The Morgan fingerprint density at radius 1 is 1.67 bits per heavy atom. The molecule has 1 fully saturated rings. The van der Waals surface area contributed by atoms with Crippen molar-refractivity contribution in [1.82, 2.24) is 15.1 Å². The van der Waals surface area contributed by atoms with Crippen molar-refractivity contribution >= 4 is 5.91 Å². The molecule has 0 saturated heterocycles. The fourth-order valence-electron chi connectivity index (χ4n) is 2.14. The minimum Gasteiger partial charge on any atom is -0.352 e. The SMILES string of the molecule is Cc1c(C(=O)NCC2CC2C)cnn1CCCN. The lowest BCUT2D eigenvalue weighted by molar-refractivity contribution is 0.0950. The monoisotopic (exact) mass is 250 g/mol. The lowest BCUT2D eigenvalue weighted by Crippen LogP contribution is -2.26. The third-order valence-corrected chi connectivity index (χ3v) is 3.72. The Bertz CT molecular complexity index is 427. The summed E-state index contributed by atoms with van der Waals surface area (Å²) in [4.78, 5) is 12.0. The molecule has 0 spiro atoms. The molecule has 1 amide bonds. The lowest BCUT2D eigenvalue weighted by atomic mass is 10.2. The highest BCUT2D eigenvalue weighted by Gasteiger charge is 2.32. The number of nitrogens with zero attached hydrogens (tertiary/aromatic N) is 2. The Labute approximate surface area is 108 Å². The minimum absolute atomic E-state index is 0.00871. The second-order valence-corrected chi connectivity index (χ2v) is 5.19. The number of hydrogen-bond donors (Lipinski definition) is 2. The molecule has 1 aliphatic carbocycles. The predicted octanol–water partition coefficient (Wildman–Crippen LogP) is 0.926. The fourth-order valence-corrected chi connectivity index (χ4v) is 2.14. The van der Waals surface area contributed by atoms with E-state index in [0.29, 0.717) is 18.0 Å².